The van der Waals surface area contributed by atoms with E-state index in [1.807, 2.05) is 48.7 Å². The minimum Gasteiger partial charge on any atom is -0.455 e. The van der Waals surface area contributed by atoms with Gasteiger partial charge in [-0.05, 0) is 30.3 Å². The van der Waals surface area contributed by atoms with Crippen LogP contribution < -0.4 is 0 Å². The van der Waals surface area contributed by atoms with Gasteiger partial charge in [-0.2, -0.15) is 0 Å². The number of pyridine rings is 1. The fourth-order valence-corrected chi connectivity index (χ4v) is 3.57. The van der Waals surface area contributed by atoms with E-state index in [0.717, 1.165) is 20.9 Å². The standard InChI is InChI=1S/C18H12ClN3O2S/c19-18-13(22-10-4-3-7-15(22)21-18)8-9-17(23)24-11-16-20-12-5-1-2-6-14(12)25-16/h1-10H,11H2/b9-8+. The average molecular weight is 370 g/mol. The van der Waals surface area contributed by atoms with Crippen LogP contribution in [-0.4, -0.2) is 20.3 Å². The molecule has 0 aliphatic heterocycles. The Morgan fingerprint density at radius 2 is 2.04 bits per heavy atom. The predicted molar refractivity (Wildman–Crippen MR) is 98.7 cm³/mol. The van der Waals surface area contributed by atoms with Gasteiger partial charge in [-0.3, -0.25) is 4.40 Å². The monoisotopic (exact) mass is 369 g/mol. The largest absolute Gasteiger partial charge is 0.455 e. The molecule has 1 aromatic carbocycles. The lowest BCUT2D eigenvalue weighted by Gasteiger charge is -1.98. The Balaban J connectivity index is 1.46. The van der Waals surface area contributed by atoms with Crippen molar-refractivity contribution in [1.29, 1.82) is 0 Å². The van der Waals surface area contributed by atoms with Crippen molar-refractivity contribution in [2.24, 2.45) is 0 Å². The molecule has 0 unspecified atom stereocenters. The topological polar surface area (TPSA) is 56.5 Å². The van der Waals surface area contributed by atoms with Gasteiger partial charge in [-0.15, -0.1) is 11.3 Å². The molecule has 4 rings (SSSR count). The van der Waals surface area contributed by atoms with Crippen molar-refractivity contribution in [3.05, 3.63) is 70.6 Å². The van der Waals surface area contributed by atoms with E-state index in [-0.39, 0.29) is 6.61 Å². The third kappa shape index (κ3) is 3.26. The first-order chi connectivity index (χ1) is 12.2. The van der Waals surface area contributed by atoms with Gasteiger partial charge in [0.2, 0.25) is 0 Å². The fraction of sp³-hybridized carbons (Fsp3) is 0.0556. The van der Waals surface area contributed by atoms with Crippen LogP contribution in [0.15, 0.2) is 54.7 Å². The van der Waals surface area contributed by atoms with Gasteiger partial charge in [0.25, 0.3) is 0 Å². The molecule has 0 saturated carbocycles. The summed E-state index contributed by atoms with van der Waals surface area (Å²) in [4.78, 5) is 20.6. The van der Waals surface area contributed by atoms with Crippen LogP contribution in [0.25, 0.3) is 21.9 Å². The Morgan fingerprint density at radius 3 is 2.92 bits per heavy atom. The number of ether oxygens (including phenoxy) is 1. The zero-order valence-corrected chi connectivity index (χ0v) is 14.5. The molecule has 0 saturated heterocycles. The molecule has 25 heavy (non-hydrogen) atoms. The number of halogens is 1. The summed E-state index contributed by atoms with van der Waals surface area (Å²) in [6.07, 6.45) is 4.78. The number of benzene rings is 1. The highest BCUT2D eigenvalue weighted by Crippen LogP contribution is 2.22. The average Bonchev–Trinajstić information content (AvgIpc) is 3.18. The molecule has 7 heteroatoms. The Bertz CT molecular complexity index is 1070. The number of imidazole rings is 1. The highest BCUT2D eigenvalue weighted by molar-refractivity contribution is 7.18. The van der Waals surface area contributed by atoms with Crippen molar-refractivity contribution < 1.29 is 9.53 Å². The first kappa shape index (κ1) is 15.8. The molecule has 0 spiro atoms. The minimum atomic E-state index is -0.457. The second kappa shape index (κ2) is 6.66. The lowest BCUT2D eigenvalue weighted by atomic mass is 10.3. The third-order valence-electron chi connectivity index (χ3n) is 3.58. The van der Waals surface area contributed by atoms with E-state index in [1.165, 1.54) is 17.4 Å². The number of carbonyl (C=O) groups is 1. The van der Waals surface area contributed by atoms with Crippen molar-refractivity contribution in [3.8, 4) is 0 Å². The van der Waals surface area contributed by atoms with Crippen molar-refractivity contribution in [2.75, 3.05) is 0 Å². The van der Waals surface area contributed by atoms with Crippen LogP contribution >= 0.6 is 22.9 Å². The number of nitrogens with zero attached hydrogens (tertiary/aromatic N) is 3. The highest BCUT2D eigenvalue weighted by atomic mass is 35.5. The maximum atomic E-state index is 12.0. The van der Waals surface area contributed by atoms with Gasteiger partial charge in [-0.25, -0.2) is 14.8 Å². The molecular formula is C18H12ClN3O2S. The van der Waals surface area contributed by atoms with Crippen molar-refractivity contribution in [1.82, 2.24) is 14.4 Å². The second-order valence-electron chi connectivity index (χ2n) is 5.23. The van der Waals surface area contributed by atoms with Crippen molar-refractivity contribution in [3.63, 3.8) is 0 Å². The summed E-state index contributed by atoms with van der Waals surface area (Å²) in [7, 11) is 0. The number of para-hydroxylation sites is 1. The highest BCUT2D eigenvalue weighted by Gasteiger charge is 2.09. The molecule has 3 heterocycles. The molecule has 5 nitrogen and oxygen atoms in total. The van der Waals surface area contributed by atoms with E-state index in [0.29, 0.717) is 10.8 Å². The molecule has 0 bridgehead atoms. The van der Waals surface area contributed by atoms with Gasteiger partial charge < -0.3 is 4.74 Å². The Labute approximate surface area is 152 Å². The molecule has 4 aromatic rings. The number of rotatable bonds is 4. The molecular weight excluding hydrogens is 358 g/mol. The third-order valence-corrected chi connectivity index (χ3v) is 4.86. The summed E-state index contributed by atoms with van der Waals surface area (Å²) in [6.45, 7) is 0.142. The first-order valence-corrected chi connectivity index (χ1v) is 8.72. The summed E-state index contributed by atoms with van der Waals surface area (Å²) in [6, 6.07) is 13.4. The summed E-state index contributed by atoms with van der Waals surface area (Å²) >= 11 is 7.64. The van der Waals surface area contributed by atoms with E-state index in [2.05, 4.69) is 9.97 Å². The summed E-state index contributed by atoms with van der Waals surface area (Å²) < 4.78 is 8.13. The molecule has 0 radical (unpaired) electrons. The van der Waals surface area contributed by atoms with Gasteiger partial charge in [0.1, 0.15) is 17.3 Å². The SMILES string of the molecule is O=C(/C=C/c1c(Cl)nc2ccccn12)OCc1nc2ccccc2s1. The van der Waals surface area contributed by atoms with Crippen LogP contribution in [0.1, 0.15) is 10.7 Å². The lowest BCUT2D eigenvalue weighted by molar-refractivity contribution is -0.138. The molecule has 0 atom stereocenters. The van der Waals surface area contributed by atoms with Gasteiger partial charge in [0.15, 0.2) is 5.15 Å². The molecule has 0 aliphatic carbocycles. The Morgan fingerprint density at radius 1 is 1.20 bits per heavy atom. The van der Waals surface area contributed by atoms with E-state index in [9.17, 15) is 4.79 Å². The second-order valence-corrected chi connectivity index (χ2v) is 6.71. The van der Waals surface area contributed by atoms with Crippen LogP contribution in [0.4, 0.5) is 0 Å². The van der Waals surface area contributed by atoms with Crippen LogP contribution in [0.2, 0.25) is 5.15 Å². The van der Waals surface area contributed by atoms with Gasteiger partial charge in [-0.1, -0.05) is 29.8 Å². The summed E-state index contributed by atoms with van der Waals surface area (Å²) in [5.41, 5.74) is 2.26. The normalized spacial score (nSPS) is 11.6. The van der Waals surface area contributed by atoms with Crippen molar-refractivity contribution in [2.45, 2.75) is 6.61 Å². The number of fused-ring (bicyclic) bond motifs is 2. The smallest absolute Gasteiger partial charge is 0.331 e. The summed E-state index contributed by atoms with van der Waals surface area (Å²) in [5, 5.41) is 1.09. The van der Waals surface area contributed by atoms with Crippen molar-refractivity contribution >= 4 is 50.8 Å². The van der Waals surface area contributed by atoms with Crippen LogP contribution in [-0.2, 0) is 16.1 Å². The zero-order chi connectivity index (χ0) is 17.2. The molecule has 0 aliphatic rings. The van der Waals surface area contributed by atoms with Crippen LogP contribution in [0.5, 0.6) is 0 Å². The predicted octanol–water partition coefficient (Wildman–Crippen LogP) is 4.35. The number of esters is 1. The molecule has 124 valence electrons. The number of hydrogen-bond acceptors (Lipinski definition) is 5. The van der Waals surface area contributed by atoms with Gasteiger partial charge in [0.05, 0.1) is 15.9 Å². The van der Waals surface area contributed by atoms with E-state index < -0.39 is 5.97 Å². The minimum absolute atomic E-state index is 0.142. The van der Waals surface area contributed by atoms with E-state index in [4.69, 9.17) is 16.3 Å². The molecule has 3 aromatic heterocycles. The van der Waals surface area contributed by atoms with Crippen LogP contribution in [0, 0.1) is 0 Å². The molecule has 0 amide bonds. The number of hydrogen-bond donors (Lipinski definition) is 0. The molecule has 0 fully saturated rings. The fourth-order valence-electron chi connectivity index (χ4n) is 2.44. The quantitative estimate of drug-likeness (QED) is 0.396. The van der Waals surface area contributed by atoms with E-state index >= 15 is 0 Å². The molecule has 0 N–H and O–H groups in total. The summed E-state index contributed by atoms with van der Waals surface area (Å²) in [5.74, 6) is -0.457. The Kier molecular flexibility index (Phi) is 4.21. The maximum absolute atomic E-state index is 12.0. The number of carbonyl (C=O) groups excluding carboxylic acids is 1. The van der Waals surface area contributed by atoms with Crippen LogP contribution in [0.3, 0.4) is 0 Å². The number of aromatic nitrogens is 3. The zero-order valence-electron chi connectivity index (χ0n) is 12.9. The van der Waals surface area contributed by atoms with E-state index in [1.54, 1.807) is 10.5 Å². The Hall–Kier alpha value is -2.70. The number of thiazole rings is 1. The first-order valence-electron chi connectivity index (χ1n) is 7.52. The van der Waals surface area contributed by atoms with Gasteiger partial charge >= 0.3 is 5.97 Å². The van der Waals surface area contributed by atoms with Gasteiger partial charge in [0, 0.05) is 12.3 Å². The lowest BCUT2D eigenvalue weighted by Crippen LogP contribution is -2.00. The maximum Gasteiger partial charge on any atom is 0.331 e.